The Hall–Kier alpha value is -1.46. The van der Waals surface area contributed by atoms with E-state index in [4.69, 9.17) is 5.73 Å². The van der Waals surface area contributed by atoms with Crippen LogP contribution in [0.1, 0.15) is 19.8 Å². The lowest BCUT2D eigenvalue weighted by atomic mass is 9.94. The first kappa shape index (κ1) is 14.5. The third kappa shape index (κ3) is 2.80. The number of rotatable bonds is 7. The predicted molar refractivity (Wildman–Crippen MR) is 87.3 cm³/mol. The number of nitrogens with one attached hydrogen (secondary N) is 2. The van der Waals surface area contributed by atoms with Crippen LogP contribution in [0.25, 0.3) is 10.9 Å². The molecule has 0 bridgehead atoms. The van der Waals surface area contributed by atoms with E-state index in [0.717, 1.165) is 29.9 Å². The SMILES string of the molecule is CCNC(CSc1cc2ccccc2[nH]1)(C(N)=O)C1CC1. The summed E-state index contributed by atoms with van der Waals surface area (Å²) in [6.45, 7) is 2.78. The van der Waals surface area contributed by atoms with Crippen LogP contribution >= 0.6 is 11.8 Å². The highest BCUT2D eigenvalue weighted by Crippen LogP contribution is 2.42. The third-order valence-corrected chi connectivity index (χ3v) is 5.30. The number of hydrogen-bond acceptors (Lipinski definition) is 3. The number of thioether (sulfide) groups is 1. The van der Waals surface area contributed by atoms with Gasteiger partial charge in [-0.15, -0.1) is 11.8 Å². The highest BCUT2D eigenvalue weighted by molar-refractivity contribution is 7.99. The first-order chi connectivity index (χ1) is 10.2. The van der Waals surface area contributed by atoms with Gasteiger partial charge in [0.05, 0.1) is 5.03 Å². The minimum absolute atomic E-state index is 0.226. The van der Waals surface area contributed by atoms with Gasteiger partial charge in [0.1, 0.15) is 5.54 Å². The Kier molecular flexibility index (Phi) is 3.95. The standard InChI is InChI=1S/C16H21N3OS/c1-2-18-16(15(17)20,12-7-8-12)10-21-14-9-11-5-3-4-6-13(11)19-14/h3-6,9,12,18-19H,2,7-8,10H2,1H3,(H2,17,20). The number of primary amides is 1. The van der Waals surface area contributed by atoms with Gasteiger partial charge in [-0.2, -0.15) is 0 Å². The third-order valence-electron chi connectivity index (χ3n) is 4.17. The fourth-order valence-electron chi connectivity index (χ4n) is 2.88. The normalized spacial score (nSPS) is 17.8. The first-order valence-corrected chi connectivity index (χ1v) is 8.40. The van der Waals surface area contributed by atoms with Crippen LogP contribution in [0.3, 0.4) is 0 Å². The molecular formula is C16H21N3OS. The Labute approximate surface area is 128 Å². The molecule has 0 saturated heterocycles. The zero-order chi connectivity index (χ0) is 14.9. The number of fused-ring (bicyclic) bond motifs is 1. The van der Waals surface area contributed by atoms with E-state index < -0.39 is 5.54 Å². The summed E-state index contributed by atoms with van der Waals surface area (Å²) in [6, 6.07) is 10.3. The van der Waals surface area contributed by atoms with E-state index in [0.29, 0.717) is 11.7 Å². The molecule has 1 unspecified atom stereocenters. The number of likely N-dealkylation sites (N-methyl/N-ethyl adjacent to an activating group) is 1. The second kappa shape index (κ2) is 5.73. The lowest BCUT2D eigenvalue weighted by molar-refractivity contribution is -0.124. The second-order valence-corrected chi connectivity index (χ2v) is 6.67. The topological polar surface area (TPSA) is 70.9 Å². The number of H-pyrrole nitrogens is 1. The van der Waals surface area contributed by atoms with Crippen LogP contribution < -0.4 is 11.1 Å². The van der Waals surface area contributed by atoms with Gasteiger partial charge in [-0.05, 0) is 37.4 Å². The summed E-state index contributed by atoms with van der Waals surface area (Å²) in [5.41, 5.74) is 6.26. The van der Waals surface area contributed by atoms with Crippen molar-refractivity contribution in [2.24, 2.45) is 11.7 Å². The summed E-state index contributed by atoms with van der Waals surface area (Å²) in [6.07, 6.45) is 2.17. The average molecular weight is 303 g/mol. The Morgan fingerprint density at radius 1 is 1.48 bits per heavy atom. The Balaban J connectivity index is 1.78. The first-order valence-electron chi connectivity index (χ1n) is 7.41. The van der Waals surface area contributed by atoms with E-state index in [1.54, 1.807) is 11.8 Å². The number of hydrogen-bond donors (Lipinski definition) is 3. The van der Waals surface area contributed by atoms with Crippen LogP contribution in [0.2, 0.25) is 0 Å². The molecule has 21 heavy (non-hydrogen) atoms. The van der Waals surface area contributed by atoms with Gasteiger partial charge in [-0.3, -0.25) is 4.79 Å². The number of nitrogens with two attached hydrogens (primary N) is 1. The van der Waals surface area contributed by atoms with Crippen LogP contribution in [-0.4, -0.2) is 28.7 Å². The Morgan fingerprint density at radius 2 is 2.24 bits per heavy atom. The second-order valence-electron chi connectivity index (χ2n) is 5.65. The molecule has 1 fully saturated rings. The van der Waals surface area contributed by atoms with Crippen LogP contribution in [0.15, 0.2) is 35.4 Å². The van der Waals surface area contributed by atoms with Gasteiger partial charge < -0.3 is 16.0 Å². The van der Waals surface area contributed by atoms with Crippen molar-refractivity contribution in [2.75, 3.05) is 12.3 Å². The minimum atomic E-state index is -0.573. The molecule has 2 aromatic rings. The summed E-state index contributed by atoms with van der Waals surface area (Å²) in [4.78, 5) is 15.4. The summed E-state index contributed by atoms with van der Waals surface area (Å²) in [5.74, 6) is 0.829. The molecule has 1 aliphatic carbocycles. The quantitative estimate of drug-likeness (QED) is 0.688. The largest absolute Gasteiger partial charge is 0.368 e. The molecule has 1 amide bonds. The Bertz CT molecular complexity index is 617. The van der Waals surface area contributed by atoms with Gasteiger partial charge in [-0.25, -0.2) is 0 Å². The number of carbonyl (C=O) groups excluding carboxylic acids is 1. The fraction of sp³-hybridized carbons (Fsp3) is 0.438. The molecule has 0 radical (unpaired) electrons. The number of carbonyl (C=O) groups is 1. The van der Waals surface area contributed by atoms with Crippen molar-refractivity contribution in [3.8, 4) is 0 Å². The summed E-state index contributed by atoms with van der Waals surface area (Å²) in [7, 11) is 0. The van der Waals surface area contributed by atoms with Gasteiger partial charge >= 0.3 is 0 Å². The predicted octanol–water partition coefficient (Wildman–Crippen LogP) is 2.50. The molecule has 1 saturated carbocycles. The molecule has 1 aromatic heterocycles. The monoisotopic (exact) mass is 303 g/mol. The summed E-state index contributed by atoms with van der Waals surface area (Å²) in [5, 5.41) is 5.63. The maximum Gasteiger partial charge on any atom is 0.238 e. The van der Waals surface area contributed by atoms with Crippen molar-refractivity contribution in [2.45, 2.75) is 30.3 Å². The van der Waals surface area contributed by atoms with Crippen molar-refractivity contribution in [1.82, 2.24) is 10.3 Å². The molecule has 1 aliphatic rings. The van der Waals surface area contributed by atoms with E-state index in [1.807, 2.05) is 19.1 Å². The highest BCUT2D eigenvalue weighted by Gasteiger charge is 2.49. The van der Waals surface area contributed by atoms with Crippen molar-refractivity contribution in [3.05, 3.63) is 30.3 Å². The van der Waals surface area contributed by atoms with Gasteiger partial charge in [0, 0.05) is 16.7 Å². The zero-order valence-corrected chi connectivity index (χ0v) is 13.0. The number of aromatic amines is 1. The number of para-hydroxylation sites is 1. The van der Waals surface area contributed by atoms with Gasteiger partial charge in [0.15, 0.2) is 0 Å². The van der Waals surface area contributed by atoms with Crippen LogP contribution in [0, 0.1) is 5.92 Å². The maximum absolute atomic E-state index is 12.0. The van der Waals surface area contributed by atoms with Crippen molar-refractivity contribution < 1.29 is 4.79 Å². The van der Waals surface area contributed by atoms with Crippen molar-refractivity contribution in [1.29, 1.82) is 0 Å². The van der Waals surface area contributed by atoms with Crippen molar-refractivity contribution in [3.63, 3.8) is 0 Å². The zero-order valence-electron chi connectivity index (χ0n) is 12.2. The van der Waals surface area contributed by atoms with Crippen LogP contribution in [0.5, 0.6) is 0 Å². The van der Waals surface area contributed by atoms with E-state index in [9.17, 15) is 4.79 Å². The van der Waals surface area contributed by atoms with E-state index in [1.165, 1.54) is 5.39 Å². The molecule has 4 N–H and O–H groups in total. The van der Waals surface area contributed by atoms with Crippen molar-refractivity contribution >= 4 is 28.6 Å². The fourth-order valence-corrected chi connectivity index (χ4v) is 4.14. The summed E-state index contributed by atoms with van der Waals surface area (Å²) < 4.78 is 0. The molecular weight excluding hydrogens is 282 g/mol. The lowest BCUT2D eigenvalue weighted by Crippen LogP contribution is -2.59. The van der Waals surface area contributed by atoms with Gasteiger partial charge in [-0.1, -0.05) is 25.1 Å². The van der Waals surface area contributed by atoms with E-state index in [2.05, 4.69) is 28.5 Å². The smallest absolute Gasteiger partial charge is 0.238 e. The average Bonchev–Trinajstić information content (AvgIpc) is 3.23. The minimum Gasteiger partial charge on any atom is -0.368 e. The highest BCUT2D eigenvalue weighted by atomic mass is 32.2. The number of amides is 1. The van der Waals surface area contributed by atoms with Gasteiger partial charge in [0.2, 0.25) is 5.91 Å². The number of aromatic nitrogens is 1. The van der Waals surface area contributed by atoms with E-state index >= 15 is 0 Å². The Morgan fingerprint density at radius 3 is 2.86 bits per heavy atom. The molecule has 112 valence electrons. The molecule has 1 aromatic carbocycles. The molecule has 1 atom stereocenters. The lowest BCUT2D eigenvalue weighted by Gasteiger charge is -2.31. The summed E-state index contributed by atoms with van der Waals surface area (Å²) >= 11 is 1.67. The van der Waals surface area contributed by atoms with Gasteiger partial charge in [0.25, 0.3) is 0 Å². The van der Waals surface area contributed by atoms with Crippen LogP contribution in [0.4, 0.5) is 0 Å². The molecule has 0 spiro atoms. The molecule has 4 nitrogen and oxygen atoms in total. The maximum atomic E-state index is 12.0. The molecule has 0 aliphatic heterocycles. The van der Waals surface area contributed by atoms with Crippen LogP contribution in [-0.2, 0) is 4.79 Å². The number of benzene rings is 1. The molecule has 3 rings (SSSR count). The van der Waals surface area contributed by atoms with E-state index in [-0.39, 0.29) is 5.91 Å². The molecule has 5 heteroatoms. The molecule has 1 heterocycles.